The average molecular weight is 353 g/mol. The molecule has 136 valence electrons. The number of aromatic nitrogens is 5. The van der Waals surface area contributed by atoms with Gasteiger partial charge in [0.15, 0.2) is 0 Å². The van der Waals surface area contributed by atoms with Gasteiger partial charge in [-0.05, 0) is 26.3 Å². The lowest BCUT2D eigenvalue weighted by atomic mass is 10.1. The molecule has 0 aliphatic carbocycles. The maximum absolute atomic E-state index is 12.5. The smallest absolute Gasteiger partial charge is 0.322 e. The first kappa shape index (κ1) is 17.7. The maximum Gasteiger partial charge on any atom is 0.322 e. The summed E-state index contributed by atoms with van der Waals surface area (Å²) in [7, 11) is 0. The molecule has 2 amide bonds. The van der Waals surface area contributed by atoms with Gasteiger partial charge in [0.05, 0.1) is 12.4 Å². The van der Waals surface area contributed by atoms with E-state index in [1.54, 1.807) is 17.2 Å². The van der Waals surface area contributed by atoms with Crippen molar-refractivity contribution in [1.29, 1.82) is 0 Å². The van der Waals surface area contributed by atoms with Gasteiger partial charge < -0.3 is 9.88 Å². The number of carbonyl (C=O) groups excluding carboxylic acids is 1. The van der Waals surface area contributed by atoms with Crippen molar-refractivity contribution < 1.29 is 4.79 Å². The topological polar surface area (TPSA) is 89.7 Å². The van der Waals surface area contributed by atoms with Crippen LogP contribution in [0.4, 0.5) is 10.7 Å². The van der Waals surface area contributed by atoms with Crippen LogP contribution in [0, 0.1) is 6.92 Å². The molecule has 8 heteroatoms. The van der Waals surface area contributed by atoms with Crippen molar-refractivity contribution in [3.63, 3.8) is 0 Å². The van der Waals surface area contributed by atoms with E-state index in [4.69, 9.17) is 0 Å². The Morgan fingerprint density at radius 3 is 2.62 bits per heavy atom. The lowest BCUT2D eigenvalue weighted by Crippen LogP contribution is -2.35. The summed E-state index contributed by atoms with van der Waals surface area (Å²) in [4.78, 5) is 20.8. The van der Waals surface area contributed by atoms with Gasteiger partial charge in [-0.1, -0.05) is 30.3 Å². The van der Waals surface area contributed by atoms with Crippen LogP contribution in [0.5, 0.6) is 0 Å². The zero-order valence-electron chi connectivity index (χ0n) is 15.1. The van der Waals surface area contributed by atoms with E-state index >= 15 is 0 Å². The van der Waals surface area contributed by atoms with Crippen LogP contribution >= 0.6 is 0 Å². The van der Waals surface area contributed by atoms with Crippen LogP contribution in [0.3, 0.4) is 0 Å². The predicted molar refractivity (Wildman–Crippen MR) is 98.7 cm³/mol. The van der Waals surface area contributed by atoms with Crippen molar-refractivity contribution in [2.75, 3.05) is 5.32 Å². The Labute approximate surface area is 152 Å². The molecule has 0 fully saturated rings. The summed E-state index contributed by atoms with van der Waals surface area (Å²) in [6.07, 6.45) is 5.31. The Morgan fingerprint density at radius 2 is 2.00 bits per heavy atom. The fourth-order valence-corrected chi connectivity index (χ4v) is 2.76. The molecule has 0 unspecified atom stereocenters. The molecular weight excluding hydrogens is 330 g/mol. The number of aryl methyl sites for hydroxylation is 1. The Bertz CT molecular complexity index is 840. The van der Waals surface area contributed by atoms with Crippen LogP contribution in [0.2, 0.25) is 0 Å². The summed E-state index contributed by atoms with van der Waals surface area (Å²) in [5, 5.41) is 10.0. The Kier molecular flexibility index (Phi) is 5.31. The third-order valence-electron chi connectivity index (χ3n) is 3.98. The fourth-order valence-electron chi connectivity index (χ4n) is 2.76. The molecule has 0 spiro atoms. The molecule has 8 nitrogen and oxygen atoms in total. The van der Waals surface area contributed by atoms with E-state index in [2.05, 4.69) is 25.7 Å². The van der Waals surface area contributed by atoms with Crippen LogP contribution in [-0.4, -0.2) is 30.3 Å². The highest BCUT2D eigenvalue weighted by molar-refractivity contribution is 5.87. The second-order valence-corrected chi connectivity index (χ2v) is 6.34. The van der Waals surface area contributed by atoms with Crippen molar-refractivity contribution in [1.82, 2.24) is 29.6 Å². The van der Waals surface area contributed by atoms with Gasteiger partial charge in [0.2, 0.25) is 5.95 Å². The molecule has 26 heavy (non-hydrogen) atoms. The fraction of sp³-hybridized carbons (Fsp3) is 0.333. The second-order valence-electron chi connectivity index (χ2n) is 6.34. The molecular formula is C18H23N7O. The maximum atomic E-state index is 12.5. The van der Waals surface area contributed by atoms with E-state index in [1.807, 2.05) is 61.9 Å². The first-order valence-corrected chi connectivity index (χ1v) is 8.54. The van der Waals surface area contributed by atoms with Gasteiger partial charge in [-0.3, -0.25) is 5.32 Å². The molecule has 2 N–H and O–H groups in total. The molecule has 1 aromatic carbocycles. The molecule has 2 aromatic heterocycles. The minimum absolute atomic E-state index is 0.180. The number of nitrogens with one attached hydrogen (secondary N) is 2. The molecule has 2 heterocycles. The summed E-state index contributed by atoms with van der Waals surface area (Å²) < 4.78 is 3.70. The molecule has 0 aliphatic rings. The summed E-state index contributed by atoms with van der Waals surface area (Å²) in [6, 6.07) is 9.44. The highest BCUT2D eigenvalue weighted by atomic mass is 16.2. The number of carbonyl (C=O) groups is 1. The number of hydrogen-bond donors (Lipinski definition) is 2. The lowest BCUT2D eigenvalue weighted by molar-refractivity contribution is 0.247. The van der Waals surface area contributed by atoms with E-state index in [1.165, 1.54) is 0 Å². The first-order chi connectivity index (χ1) is 12.5. The second kappa shape index (κ2) is 7.81. The Hall–Kier alpha value is -3.16. The molecule has 1 atom stereocenters. The third-order valence-corrected chi connectivity index (χ3v) is 3.98. The van der Waals surface area contributed by atoms with Gasteiger partial charge in [0.1, 0.15) is 5.82 Å². The van der Waals surface area contributed by atoms with Gasteiger partial charge >= 0.3 is 6.03 Å². The standard InChI is InChI=1S/C18H23N7O/c1-13(2)25-14(3)20-17(23-25)22-18(26)21-16(11-24-10-9-19-12-24)15-7-5-4-6-8-15/h4-10,12-13,16H,11H2,1-3H3,(H2,21,22,23,26)/t16-/m1/s1. The lowest BCUT2D eigenvalue weighted by Gasteiger charge is -2.19. The third kappa shape index (κ3) is 4.27. The zero-order valence-corrected chi connectivity index (χ0v) is 15.1. The van der Waals surface area contributed by atoms with Crippen LogP contribution in [-0.2, 0) is 6.54 Å². The summed E-state index contributed by atoms with van der Waals surface area (Å²) in [6.45, 7) is 6.47. The number of anilines is 1. The Balaban J connectivity index is 1.71. The molecule has 0 bridgehead atoms. The summed E-state index contributed by atoms with van der Waals surface area (Å²) >= 11 is 0. The number of imidazole rings is 1. The monoisotopic (exact) mass is 353 g/mol. The van der Waals surface area contributed by atoms with Crippen LogP contribution in [0.15, 0.2) is 49.1 Å². The van der Waals surface area contributed by atoms with Gasteiger partial charge in [0.25, 0.3) is 0 Å². The van der Waals surface area contributed by atoms with E-state index < -0.39 is 0 Å². The minimum Gasteiger partial charge on any atom is -0.335 e. The number of benzene rings is 1. The number of hydrogen-bond acceptors (Lipinski definition) is 4. The quantitative estimate of drug-likeness (QED) is 0.713. The van der Waals surface area contributed by atoms with Gasteiger partial charge in [-0.25, -0.2) is 14.5 Å². The molecule has 0 saturated carbocycles. The minimum atomic E-state index is -0.347. The zero-order chi connectivity index (χ0) is 18.5. The van der Waals surface area contributed by atoms with Crippen molar-refractivity contribution >= 4 is 12.0 Å². The van der Waals surface area contributed by atoms with Crippen LogP contribution < -0.4 is 10.6 Å². The Morgan fingerprint density at radius 1 is 1.23 bits per heavy atom. The highest BCUT2D eigenvalue weighted by Gasteiger charge is 2.17. The molecule has 0 radical (unpaired) electrons. The normalized spacial score (nSPS) is 12.2. The van der Waals surface area contributed by atoms with Gasteiger partial charge in [-0.15, -0.1) is 5.10 Å². The molecule has 3 rings (SSSR count). The highest BCUT2D eigenvalue weighted by Crippen LogP contribution is 2.15. The van der Waals surface area contributed by atoms with Gasteiger partial charge in [-0.2, -0.15) is 4.98 Å². The largest absolute Gasteiger partial charge is 0.335 e. The SMILES string of the molecule is Cc1nc(NC(=O)N[C@H](Cn2ccnc2)c2ccccc2)nn1C(C)C. The number of amides is 2. The molecule has 3 aromatic rings. The first-order valence-electron chi connectivity index (χ1n) is 8.54. The molecule has 0 saturated heterocycles. The van der Waals surface area contributed by atoms with Crippen LogP contribution in [0.25, 0.3) is 0 Å². The van der Waals surface area contributed by atoms with Crippen LogP contribution in [0.1, 0.15) is 37.3 Å². The number of rotatable bonds is 6. The number of urea groups is 1. The van der Waals surface area contributed by atoms with E-state index in [0.29, 0.717) is 12.5 Å². The van der Waals surface area contributed by atoms with Crippen molar-refractivity contribution in [2.24, 2.45) is 0 Å². The summed E-state index contributed by atoms with van der Waals surface area (Å²) in [5.41, 5.74) is 1.01. The summed E-state index contributed by atoms with van der Waals surface area (Å²) in [5.74, 6) is 1.05. The van der Waals surface area contributed by atoms with Crippen molar-refractivity contribution in [3.8, 4) is 0 Å². The van der Waals surface area contributed by atoms with E-state index in [9.17, 15) is 4.79 Å². The van der Waals surface area contributed by atoms with E-state index in [0.717, 1.165) is 11.4 Å². The molecule has 0 aliphatic heterocycles. The van der Waals surface area contributed by atoms with Crippen molar-refractivity contribution in [3.05, 3.63) is 60.4 Å². The average Bonchev–Trinajstić information content (AvgIpc) is 3.24. The van der Waals surface area contributed by atoms with Crippen molar-refractivity contribution in [2.45, 2.75) is 39.4 Å². The predicted octanol–water partition coefficient (Wildman–Crippen LogP) is 2.93. The van der Waals surface area contributed by atoms with Gasteiger partial charge in [0, 0.05) is 25.0 Å². The van der Waals surface area contributed by atoms with E-state index in [-0.39, 0.29) is 18.1 Å². The number of nitrogens with zero attached hydrogens (tertiary/aromatic N) is 5.